The molecule has 0 saturated heterocycles. The highest BCUT2D eigenvalue weighted by molar-refractivity contribution is 4.77. The van der Waals surface area contributed by atoms with Crippen LogP contribution >= 0.6 is 0 Å². The summed E-state index contributed by atoms with van der Waals surface area (Å²) >= 11 is 0. The van der Waals surface area contributed by atoms with Crippen LogP contribution in [0.3, 0.4) is 0 Å². The molecule has 1 atom stereocenters. The Morgan fingerprint density at radius 1 is 1.29 bits per heavy atom. The van der Waals surface area contributed by atoms with Gasteiger partial charge in [0.1, 0.15) is 0 Å². The molecule has 0 aromatic rings. The van der Waals surface area contributed by atoms with E-state index in [2.05, 4.69) is 13.2 Å². The molecular weight excluding hydrogens is 180 g/mol. The van der Waals surface area contributed by atoms with Crippen LogP contribution in [0.4, 0.5) is 0 Å². The van der Waals surface area contributed by atoms with Crippen molar-refractivity contribution in [3.05, 3.63) is 38.0 Å². The summed E-state index contributed by atoms with van der Waals surface area (Å²) in [6.45, 7) is 11.2. The third kappa shape index (κ3) is 5.43. The average molecular weight is 198 g/mol. The molecule has 0 aromatic carbocycles. The summed E-state index contributed by atoms with van der Waals surface area (Å²) in [5, 5.41) is 0. The third-order valence-corrected chi connectivity index (χ3v) is 1.73. The minimum absolute atomic E-state index is 0.423. The predicted octanol–water partition coefficient (Wildman–Crippen LogP) is 2.96. The molecule has 0 aliphatic heterocycles. The summed E-state index contributed by atoms with van der Waals surface area (Å²) in [7, 11) is 0. The van der Waals surface area contributed by atoms with E-state index >= 15 is 0 Å². The summed E-state index contributed by atoms with van der Waals surface area (Å²) in [6, 6.07) is 0. The summed E-state index contributed by atoms with van der Waals surface area (Å²) in [5.74, 6) is -0.611. The summed E-state index contributed by atoms with van der Waals surface area (Å²) in [5.41, 5.74) is 0. The average Bonchev–Trinajstić information content (AvgIpc) is 2.18. The van der Waals surface area contributed by atoms with Gasteiger partial charge in [-0.3, -0.25) is 0 Å². The lowest BCUT2D eigenvalue weighted by Crippen LogP contribution is -2.29. The fraction of sp³-hybridized carbons (Fsp3) is 0.455. The van der Waals surface area contributed by atoms with E-state index < -0.39 is 5.79 Å². The zero-order valence-electron chi connectivity index (χ0n) is 8.86. The molecule has 0 radical (unpaired) electrons. The second kappa shape index (κ2) is 7.21. The van der Waals surface area contributed by atoms with Crippen LogP contribution in [-0.4, -0.2) is 12.4 Å². The molecule has 14 heavy (non-hydrogen) atoms. The van der Waals surface area contributed by atoms with Crippen molar-refractivity contribution in [1.29, 1.82) is 0 Å². The normalized spacial score (nSPS) is 14.7. The zero-order chi connectivity index (χ0) is 10.9. The summed E-state index contributed by atoms with van der Waals surface area (Å²) < 4.78 is 15.5. The standard InChI is InChI=1S/C11H18O3/c1-5-11(4,13-7-3)14-10-8-9-12-6-2/h6-9H,2-3,5,10H2,1,4H3/b9-8+. The molecule has 80 valence electrons. The molecule has 0 heterocycles. The van der Waals surface area contributed by atoms with Crippen LogP contribution in [0.1, 0.15) is 20.3 Å². The van der Waals surface area contributed by atoms with Crippen LogP contribution in [-0.2, 0) is 14.2 Å². The van der Waals surface area contributed by atoms with E-state index in [9.17, 15) is 0 Å². The van der Waals surface area contributed by atoms with Gasteiger partial charge in [-0.2, -0.15) is 0 Å². The Balaban J connectivity index is 3.82. The molecule has 1 unspecified atom stereocenters. The minimum Gasteiger partial charge on any atom is -0.474 e. The first-order valence-electron chi connectivity index (χ1n) is 4.52. The van der Waals surface area contributed by atoms with Gasteiger partial charge in [-0.25, -0.2) is 0 Å². The Bertz CT molecular complexity index is 199. The highest BCUT2D eigenvalue weighted by Crippen LogP contribution is 2.16. The van der Waals surface area contributed by atoms with Gasteiger partial charge in [0.15, 0.2) is 0 Å². The molecule has 3 heteroatoms. The zero-order valence-corrected chi connectivity index (χ0v) is 8.86. The second-order valence-corrected chi connectivity index (χ2v) is 2.76. The van der Waals surface area contributed by atoms with Crippen molar-refractivity contribution < 1.29 is 14.2 Å². The second-order valence-electron chi connectivity index (χ2n) is 2.76. The molecule has 0 rings (SSSR count). The van der Waals surface area contributed by atoms with E-state index in [1.165, 1.54) is 18.8 Å². The number of ether oxygens (including phenoxy) is 3. The van der Waals surface area contributed by atoms with Crippen LogP contribution in [0.5, 0.6) is 0 Å². The van der Waals surface area contributed by atoms with Crippen LogP contribution in [0.2, 0.25) is 0 Å². The predicted molar refractivity (Wildman–Crippen MR) is 56.4 cm³/mol. The molecule has 0 aliphatic carbocycles. The third-order valence-electron chi connectivity index (χ3n) is 1.73. The first kappa shape index (κ1) is 12.8. The van der Waals surface area contributed by atoms with Crippen molar-refractivity contribution in [2.45, 2.75) is 26.1 Å². The quantitative estimate of drug-likeness (QED) is 0.443. The van der Waals surface area contributed by atoms with Gasteiger partial charge in [0.25, 0.3) is 0 Å². The SMILES string of the molecule is C=CO/C=C/COC(C)(CC)OC=C. The van der Waals surface area contributed by atoms with Gasteiger partial charge in [-0.1, -0.05) is 20.1 Å². The van der Waals surface area contributed by atoms with Crippen LogP contribution in [0.15, 0.2) is 38.0 Å². The van der Waals surface area contributed by atoms with E-state index in [0.29, 0.717) is 6.61 Å². The first-order chi connectivity index (χ1) is 6.68. The maximum atomic E-state index is 5.47. The van der Waals surface area contributed by atoms with Gasteiger partial charge in [-0.05, 0) is 6.08 Å². The van der Waals surface area contributed by atoms with Gasteiger partial charge in [-0.15, -0.1) is 0 Å². The fourth-order valence-corrected chi connectivity index (χ4v) is 0.770. The Kier molecular flexibility index (Phi) is 6.58. The maximum absolute atomic E-state index is 5.47. The summed E-state index contributed by atoms with van der Waals surface area (Å²) in [4.78, 5) is 0. The molecule has 0 fully saturated rings. The molecule has 0 N–H and O–H groups in total. The number of hydrogen-bond donors (Lipinski definition) is 0. The van der Waals surface area contributed by atoms with Gasteiger partial charge in [0.2, 0.25) is 5.79 Å². The van der Waals surface area contributed by atoms with Crippen LogP contribution < -0.4 is 0 Å². The van der Waals surface area contributed by atoms with E-state index in [1.54, 1.807) is 6.08 Å². The Labute approximate surface area is 85.7 Å². The van der Waals surface area contributed by atoms with Crippen LogP contribution in [0, 0.1) is 0 Å². The molecule has 0 saturated carbocycles. The van der Waals surface area contributed by atoms with Gasteiger partial charge < -0.3 is 14.2 Å². The molecular formula is C11H18O3. The highest BCUT2D eigenvalue weighted by atomic mass is 16.7. The van der Waals surface area contributed by atoms with E-state index in [1.807, 2.05) is 13.8 Å². The van der Waals surface area contributed by atoms with Crippen molar-refractivity contribution in [3.63, 3.8) is 0 Å². The van der Waals surface area contributed by atoms with Crippen molar-refractivity contribution >= 4 is 0 Å². The Morgan fingerprint density at radius 3 is 2.50 bits per heavy atom. The molecule has 0 spiro atoms. The largest absolute Gasteiger partial charge is 0.474 e. The highest BCUT2D eigenvalue weighted by Gasteiger charge is 2.21. The van der Waals surface area contributed by atoms with Crippen molar-refractivity contribution in [3.8, 4) is 0 Å². The van der Waals surface area contributed by atoms with Crippen LogP contribution in [0.25, 0.3) is 0 Å². The Morgan fingerprint density at radius 2 is 2.00 bits per heavy atom. The minimum atomic E-state index is -0.611. The lowest BCUT2D eigenvalue weighted by Gasteiger charge is -2.26. The molecule has 0 aliphatic rings. The topological polar surface area (TPSA) is 27.7 Å². The van der Waals surface area contributed by atoms with E-state index in [4.69, 9.17) is 14.2 Å². The van der Waals surface area contributed by atoms with Crippen molar-refractivity contribution in [2.24, 2.45) is 0 Å². The van der Waals surface area contributed by atoms with Gasteiger partial charge in [0.05, 0.1) is 25.4 Å². The molecule has 0 amide bonds. The van der Waals surface area contributed by atoms with E-state index in [0.717, 1.165) is 6.42 Å². The monoisotopic (exact) mass is 198 g/mol. The molecule has 0 bridgehead atoms. The Hall–Kier alpha value is -1.22. The van der Waals surface area contributed by atoms with E-state index in [-0.39, 0.29) is 0 Å². The lowest BCUT2D eigenvalue weighted by molar-refractivity contribution is -0.188. The fourth-order valence-electron chi connectivity index (χ4n) is 0.770. The smallest absolute Gasteiger partial charge is 0.206 e. The molecule has 0 aromatic heterocycles. The van der Waals surface area contributed by atoms with Crippen molar-refractivity contribution in [1.82, 2.24) is 0 Å². The number of rotatable bonds is 8. The van der Waals surface area contributed by atoms with Crippen molar-refractivity contribution in [2.75, 3.05) is 6.61 Å². The van der Waals surface area contributed by atoms with Gasteiger partial charge in [0, 0.05) is 13.3 Å². The first-order valence-corrected chi connectivity index (χ1v) is 4.52. The maximum Gasteiger partial charge on any atom is 0.206 e. The summed E-state index contributed by atoms with van der Waals surface area (Å²) in [6.07, 6.45) is 6.72. The van der Waals surface area contributed by atoms with Gasteiger partial charge >= 0.3 is 0 Å². The lowest BCUT2D eigenvalue weighted by atomic mass is 10.2. The molecule has 3 nitrogen and oxygen atoms in total. The number of hydrogen-bond acceptors (Lipinski definition) is 3.